The Hall–Kier alpha value is -2.66. The number of nitrogens with zero attached hydrogens (tertiary/aromatic N) is 2. The number of H-pyrrole nitrogens is 1. The Morgan fingerprint density at radius 3 is 2.68 bits per heavy atom. The Balaban J connectivity index is 1.70. The summed E-state index contributed by atoms with van der Waals surface area (Å²) in [5, 5.41) is 4.62. The predicted octanol–water partition coefficient (Wildman–Crippen LogP) is 4.98. The van der Waals surface area contributed by atoms with Crippen molar-refractivity contribution in [1.29, 1.82) is 0 Å². The molecule has 4 rings (SSSR count). The fourth-order valence-corrected chi connectivity index (χ4v) is 4.82. The van der Waals surface area contributed by atoms with E-state index in [4.69, 9.17) is 0 Å². The average Bonchev–Trinajstić information content (AvgIpc) is 3.17. The van der Waals surface area contributed by atoms with Crippen molar-refractivity contribution in [3.8, 4) is 11.3 Å². The second kappa shape index (κ2) is 8.83. The summed E-state index contributed by atoms with van der Waals surface area (Å²) < 4.78 is 0. The maximum absolute atomic E-state index is 13.2. The van der Waals surface area contributed by atoms with E-state index in [0.29, 0.717) is 5.92 Å². The lowest BCUT2D eigenvalue weighted by Crippen LogP contribution is -2.47. The number of hydrogen-bond donors (Lipinski definition) is 2. The van der Waals surface area contributed by atoms with Gasteiger partial charge in [0.1, 0.15) is 0 Å². The van der Waals surface area contributed by atoms with Gasteiger partial charge in [0, 0.05) is 48.0 Å². The van der Waals surface area contributed by atoms with E-state index in [1.165, 1.54) is 10.9 Å². The smallest absolute Gasteiger partial charge is 0.229 e. The van der Waals surface area contributed by atoms with Gasteiger partial charge in [-0.1, -0.05) is 19.9 Å². The number of nitrogens with one attached hydrogen (secondary N) is 2. The Labute approximate surface area is 185 Å². The van der Waals surface area contributed by atoms with Gasteiger partial charge in [0.2, 0.25) is 5.91 Å². The van der Waals surface area contributed by atoms with Crippen LogP contribution in [-0.2, 0) is 4.79 Å². The van der Waals surface area contributed by atoms with E-state index in [0.717, 1.165) is 54.0 Å². The number of pyridine rings is 1. The second-order valence-electron chi connectivity index (χ2n) is 9.23. The van der Waals surface area contributed by atoms with Gasteiger partial charge in [0.25, 0.3) is 0 Å². The van der Waals surface area contributed by atoms with E-state index in [1.807, 2.05) is 32.0 Å². The molecule has 3 heterocycles. The van der Waals surface area contributed by atoms with E-state index in [1.54, 1.807) is 0 Å². The Morgan fingerprint density at radius 2 is 2.00 bits per heavy atom. The number of likely N-dealkylation sites (N-methyl/N-ethyl adjacent to an activating group) is 1. The minimum absolute atomic E-state index is 0.169. The first-order valence-corrected chi connectivity index (χ1v) is 11.4. The molecule has 0 spiro atoms. The number of aromatic nitrogens is 2. The van der Waals surface area contributed by atoms with Crippen LogP contribution in [0.1, 0.15) is 62.3 Å². The summed E-state index contributed by atoms with van der Waals surface area (Å²) in [7, 11) is 1.95. The number of amides is 1. The highest BCUT2D eigenvalue weighted by molar-refractivity contribution is 5.93. The SMILES string of the molecule is Cc1cc(-c2[nH]c3ccc(C(C)C(=O)N(C)C4CCCNC4)cc3c2C(C)C)ccn1. The quantitative estimate of drug-likeness (QED) is 0.615. The van der Waals surface area contributed by atoms with Crippen LogP contribution in [0.5, 0.6) is 0 Å². The number of hydrogen-bond acceptors (Lipinski definition) is 3. The van der Waals surface area contributed by atoms with Crippen LogP contribution < -0.4 is 5.32 Å². The zero-order valence-electron chi connectivity index (χ0n) is 19.3. The third-order valence-corrected chi connectivity index (χ3v) is 6.66. The number of carbonyl (C=O) groups is 1. The van der Waals surface area contributed by atoms with Crippen LogP contribution in [0.25, 0.3) is 22.2 Å². The zero-order chi connectivity index (χ0) is 22.1. The molecule has 2 atom stereocenters. The van der Waals surface area contributed by atoms with Crippen LogP contribution in [0.3, 0.4) is 0 Å². The first-order valence-electron chi connectivity index (χ1n) is 11.4. The fraction of sp³-hybridized carbons (Fsp3) is 0.462. The van der Waals surface area contributed by atoms with Crippen molar-refractivity contribution in [3.63, 3.8) is 0 Å². The molecule has 1 aromatic carbocycles. The van der Waals surface area contributed by atoms with Crippen molar-refractivity contribution in [1.82, 2.24) is 20.2 Å². The van der Waals surface area contributed by atoms with Gasteiger partial charge in [0.05, 0.1) is 11.6 Å². The monoisotopic (exact) mass is 418 g/mol. The number of rotatable bonds is 5. The molecule has 1 aliphatic heterocycles. The highest BCUT2D eigenvalue weighted by Crippen LogP contribution is 2.37. The van der Waals surface area contributed by atoms with Crippen LogP contribution in [0.2, 0.25) is 0 Å². The Morgan fingerprint density at radius 1 is 1.19 bits per heavy atom. The molecule has 1 saturated heterocycles. The van der Waals surface area contributed by atoms with E-state index in [-0.39, 0.29) is 17.9 Å². The number of piperidine rings is 1. The van der Waals surface area contributed by atoms with Gasteiger partial charge in [0.15, 0.2) is 0 Å². The standard InChI is InChI=1S/C26H34N4O/c1-16(2)24-22-14-19(18(4)26(31)30(5)21-7-6-11-27-15-21)8-9-23(22)29-25(24)20-10-12-28-17(3)13-20/h8-10,12-14,16,18,21,27,29H,6-7,11,15H2,1-5H3. The van der Waals surface area contributed by atoms with Gasteiger partial charge in [-0.3, -0.25) is 9.78 Å². The van der Waals surface area contributed by atoms with Gasteiger partial charge in [-0.15, -0.1) is 0 Å². The average molecular weight is 419 g/mol. The normalized spacial score (nSPS) is 17.8. The fourth-order valence-electron chi connectivity index (χ4n) is 4.82. The molecule has 5 heteroatoms. The molecule has 0 aliphatic carbocycles. The molecule has 1 amide bonds. The van der Waals surface area contributed by atoms with E-state index >= 15 is 0 Å². The lowest BCUT2D eigenvalue weighted by atomic mass is 9.92. The summed E-state index contributed by atoms with van der Waals surface area (Å²) in [6.07, 6.45) is 4.06. The minimum Gasteiger partial charge on any atom is -0.354 e. The molecular formula is C26H34N4O. The summed E-state index contributed by atoms with van der Waals surface area (Å²) in [6, 6.07) is 10.9. The molecule has 1 fully saturated rings. The van der Waals surface area contributed by atoms with Crippen LogP contribution >= 0.6 is 0 Å². The minimum atomic E-state index is -0.169. The van der Waals surface area contributed by atoms with Gasteiger partial charge < -0.3 is 15.2 Å². The second-order valence-corrected chi connectivity index (χ2v) is 9.23. The summed E-state index contributed by atoms with van der Waals surface area (Å²) in [6.45, 7) is 10.4. The molecule has 1 aliphatic rings. The molecule has 2 aromatic heterocycles. The summed E-state index contributed by atoms with van der Waals surface area (Å²) in [4.78, 5) is 23.2. The van der Waals surface area contributed by atoms with Crippen molar-refractivity contribution < 1.29 is 4.79 Å². The van der Waals surface area contributed by atoms with Crippen LogP contribution in [0.4, 0.5) is 0 Å². The molecule has 0 bridgehead atoms. The third kappa shape index (κ3) is 4.24. The van der Waals surface area contributed by atoms with Crippen LogP contribution in [0.15, 0.2) is 36.5 Å². The van der Waals surface area contributed by atoms with E-state index in [2.05, 4.69) is 59.5 Å². The Bertz CT molecular complexity index is 1080. The highest BCUT2D eigenvalue weighted by Gasteiger charge is 2.27. The molecule has 164 valence electrons. The number of fused-ring (bicyclic) bond motifs is 1. The van der Waals surface area contributed by atoms with Crippen molar-refractivity contribution in [2.75, 3.05) is 20.1 Å². The van der Waals surface area contributed by atoms with Crippen LogP contribution in [-0.4, -0.2) is 47.0 Å². The molecule has 3 aromatic rings. The lowest BCUT2D eigenvalue weighted by molar-refractivity contribution is -0.133. The maximum Gasteiger partial charge on any atom is 0.229 e. The summed E-state index contributed by atoms with van der Waals surface area (Å²) >= 11 is 0. The largest absolute Gasteiger partial charge is 0.354 e. The maximum atomic E-state index is 13.2. The van der Waals surface area contributed by atoms with Crippen molar-refractivity contribution in [2.24, 2.45) is 0 Å². The molecule has 2 unspecified atom stereocenters. The van der Waals surface area contributed by atoms with Crippen molar-refractivity contribution in [2.45, 2.75) is 58.4 Å². The number of aryl methyl sites for hydroxylation is 1. The molecule has 2 N–H and O–H groups in total. The highest BCUT2D eigenvalue weighted by atomic mass is 16.2. The number of carbonyl (C=O) groups excluding carboxylic acids is 1. The molecule has 5 nitrogen and oxygen atoms in total. The van der Waals surface area contributed by atoms with E-state index < -0.39 is 0 Å². The lowest BCUT2D eigenvalue weighted by Gasteiger charge is -2.33. The van der Waals surface area contributed by atoms with Crippen LogP contribution in [0, 0.1) is 6.92 Å². The van der Waals surface area contributed by atoms with Gasteiger partial charge >= 0.3 is 0 Å². The van der Waals surface area contributed by atoms with Crippen molar-refractivity contribution >= 4 is 16.8 Å². The number of aromatic amines is 1. The topological polar surface area (TPSA) is 61.0 Å². The molecule has 31 heavy (non-hydrogen) atoms. The summed E-state index contributed by atoms with van der Waals surface area (Å²) in [5.41, 5.74) is 6.80. The van der Waals surface area contributed by atoms with Crippen molar-refractivity contribution in [3.05, 3.63) is 53.3 Å². The molecular weight excluding hydrogens is 384 g/mol. The molecule has 0 saturated carbocycles. The predicted molar refractivity (Wildman–Crippen MR) is 127 cm³/mol. The first kappa shape index (κ1) is 21.6. The Kier molecular flexibility index (Phi) is 6.15. The van der Waals surface area contributed by atoms with Gasteiger partial charge in [-0.2, -0.15) is 0 Å². The molecule has 0 radical (unpaired) electrons. The number of benzene rings is 1. The first-order chi connectivity index (χ1) is 14.9. The third-order valence-electron chi connectivity index (χ3n) is 6.66. The van der Waals surface area contributed by atoms with Gasteiger partial charge in [-0.25, -0.2) is 0 Å². The summed E-state index contributed by atoms with van der Waals surface area (Å²) in [5.74, 6) is 0.381. The van der Waals surface area contributed by atoms with Gasteiger partial charge in [-0.05, 0) is 74.5 Å². The zero-order valence-corrected chi connectivity index (χ0v) is 19.3. The van der Waals surface area contributed by atoms with E-state index in [9.17, 15) is 4.79 Å².